The maximum Gasteiger partial charge on any atom is 0.228 e. The number of amides is 1. The smallest absolute Gasteiger partial charge is 0.228 e. The minimum absolute atomic E-state index is 0.0342. The molecule has 4 nitrogen and oxygen atoms in total. The molecule has 60 valence electrons. The van der Waals surface area contributed by atoms with Crippen LogP contribution in [0.5, 0.6) is 0 Å². The first kappa shape index (κ1) is 6.97. The lowest BCUT2D eigenvalue weighted by molar-refractivity contribution is -0.115. The van der Waals surface area contributed by atoms with E-state index in [1.54, 1.807) is 18.2 Å². The Morgan fingerprint density at radius 2 is 2.25 bits per heavy atom. The number of carbonyl (C=O) groups excluding carboxylic acids is 1. The van der Waals surface area contributed by atoms with E-state index in [4.69, 9.17) is 0 Å². The number of fused-ring (bicyclic) bond motifs is 1. The van der Waals surface area contributed by atoms with Crippen LogP contribution in [0, 0.1) is 4.91 Å². The molecule has 1 heterocycles. The van der Waals surface area contributed by atoms with Crippen molar-refractivity contribution in [3.8, 4) is 0 Å². The van der Waals surface area contributed by atoms with Crippen LogP contribution in [-0.4, -0.2) is 5.91 Å². The molecular formula is C8H6N2O2. The highest BCUT2D eigenvalue weighted by molar-refractivity contribution is 5.99. The first-order valence-corrected chi connectivity index (χ1v) is 3.56. The van der Waals surface area contributed by atoms with Crippen LogP contribution >= 0.6 is 0 Å². The summed E-state index contributed by atoms with van der Waals surface area (Å²) in [4.78, 5) is 21.0. The monoisotopic (exact) mass is 162 g/mol. The largest absolute Gasteiger partial charge is 0.326 e. The molecule has 0 atom stereocenters. The van der Waals surface area contributed by atoms with Gasteiger partial charge in [0, 0.05) is 5.69 Å². The highest BCUT2D eigenvalue weighted by Gasteiger charge is 2.17. The SMILES string of the molecule is O=Nc1ccc2c(c1)CC(=O)N2. The molecule has 0 saturated carbocycles. The van der Waals surface area contributed by atoms with Gasteiger partial charge in [0.1, 0.15) is 5.69 Å². The van der Waals surface area contributed by atoms with Crippen LogP contribution in [-0.2, 0) is 11.2 Å². The summed E-state index contributed by atoms with van der Waals surface area (Å²) in [6.45, 7) is 0. The zero-order chi connectivity index (χ0) is 8.55. The number of anilines is 1. The van der Waals surface area contributed by atoms with Crippen molar-refractivity contribution < 1.29 is 4.79 Å². The highest BCUT2D eigenvalue weighted by Crippen LogP contribution is 2.26. The van der Waals surface area contributed by atoms with Gasteiger partial charge in [-0.3, -0.25) is 4.79 Å². The maximum absolute atomic E-state index is 10.9. The molecule has 1 amide bonds. The number of benzene rings is 1. The van der Waals surface area contributed by atoms with Crippen molar-refractivity contribution in [3.05, 3.63) is 28.7 Å². The summed E-state index contributed by atoms with van der Waals surface area (Å²) >= 11 is 0. The van der Waals surface area contributed by atoms with E-state index in [-0.39, 0.29) is 5.91 Å². The molecule has 0 radical (unpaired) electrons. The summed E-state index contributed by atoms with van der Waals surface area (Å²) in [6, 6.07) is 4.90. The fraction of sp³-hybridized carbons (Fsp3) is 0.125. The van der Waals surface area contributed by atoms with Gasteiger partial charge in [-0.25, -0.2) is 0 Å². The van der Waals surface area contributed by atoms with Gasteiger partial charge in [0.2, 0.25) is 5.91 Å². The maximum atomic E-state index is 10.9. The van der Waals surface area contributed by atoms with Gasteiger partial charge in [-0.1, -0.05) is 0 Å². The van der Waals surface area contributed by atoms with Crippen molar-refractivity contribution >= 4 is 17.3 Å². The number of carbonyl (C=O) groups is 1. The molecule has 4 heteroatoms. The Hall–Kier alpha value is -1.71. The van der Waals surface area contributed by atoms with Gasteiger partial charge in [-0.15, -0.1) is 4.91 Å². The average Bonchev–Trinajstić information content (AvgIpc) is 2.43. The van der Waals surface area contributed by atoms with Crippen LogP contribution in [0.4, 0.5) is 11.4 Å². The van der Waals surface area contributed by atoms with Crippen molar-refractivity contribution in [2.45, 2.75) is 6.42 Å². The Bertz CT molecular complexity index is 360. The van der Waals surface area contributed by atoms with Gasteiger partial charge in [-0.05, 0) is 28.9 Å². The zero-order valence-electron chi connectivity index (χ0n) is 6.20. The molecule has 0 saturated heterocycles. The second-order valence-electron chi connectivity index (χ2n) is 2.66. The molecule has 1 aromatic carbocycles. The molecule has 0 unspecified atom stereocenters. The molecule has 2 rings (SSSR count). The number of hydrogen-bond donors (Lipinski definition) is 1. The van der Waals surface area contributed by atoms with Crippen LogP contribution in [0.2, 0.25) is 0 Å². The molecule has 1 aliphatic heterocycles. The first-order chi connectivity index (χ1) is 5.79. The predicted molar refractivity (Wildman–Crippen MR) is 44.2 cm³/mol. The third-order valence-electron chi connectivity index (χ3n) is 1.82. The van der Waals surface area contributed by atoms with Crippen molar-refractivity contribution in [1.29, 1.82) is 0 Å². The lowest BCUT2D eigenvalue weighted by Crippen LogP contribution is -2.03. The van der Waals surface area contributed by atoms with Crippen molar-refractivity contribution in [2.75, 3.05) is 5.32 Å². The fourth-order valence-electron chi connectivity index (χ4n) is 1.27. The van der Waals surface area contributed by atoms with Gasteiger partial charge >= 0.3 is 0 Å². The van der Waals surface area contributed by atoms with Crippen LogP contribution < -0.4 is 5.32 Å². The van der Waals surface area contributed by atoms with Crippen LogP contribution in [0.15, 0.2) is 23.4 Å². The van der Waals surface area contributed by atoms with Gasteiger partial charge in [0.25, 0.3) is 0 Å². The molecule has 0 aromatic heterocycles. The second-order valence-corrected chi connectivity index (χ2v) is 2.66. The van der Waals surface area contributed by atoms with Gasteiger partial charge in [0.15, 0.2) is 0 Å². The molecular weight excluding hydrogens is 156 g/mol. The molecule has 1 aliphatic rings. The molecule has 0 fully saturated rings. The minimum Gasteiger partial charge on any atom is -0.326 e. The Balaban J connectivity index is 2.48. The van der Waals surface area contributed by atoms with E-state index in [0.29, 0.717) is 12.1 Å². The second kappa shape index (κ2) is 2.41. The third kappa shape index (κ3) is 0.972. The summed E-state index contributed by atoms with van der Waals surface area (Å²) in [6.07, 6.45) is 0.346. The van der Waals surface area contributed by atoms with Gasteiger partial charge in [0.05, 0.1) is 6.42 Å². The van der Waals surface area contributed by atoms with E-state index < -0.39 is 0 Å². The van der Waals surface area contributed by atoms with E-state index in [1.807, 2.05) is 0 Å². The normalized spacial score (nSPS) is 13.8. The number of nitroso groups, excluding NO2 is 1. The molecule has 1 N–H and O–H groups in total. The van der Waals surface area contributed by atoms with E-state index in [2.05, 4.69) is 10.5 Å². The summed E-state index contributed by atoms with van der Waals surface area (Å²) in [5.74, 6) is -0.0342. The summed E-state index contributed by atoms with van der Waals surface area (Å²) in [5.41, 5.74) is 2.00. The number of hydrogen-bond acceptors (Lipinski definition) is 3. The molecule has 0 spiro atoms. The van der Waals surface area contributed by atoms with Crippen molar-refractivity contribution in [2.24, 2.45) is 5.18 Å². The molecule has 0 bridgehead atoms. The van der Waals surface area contributed by atoms with E-state index in [0.717, 1.165) is 11.3 Å². The van der Waals surface area contributed by atoms with Gasteiger partial charge in [-0.2, -0.15) is 0 Å². The number of nitrogens with zero attached hydrogens (tertiary/aromatic N) is 1. The standard InChI is InChI=1S/C8H6N2O2/c11-8-4-5-3-6(10-12)1-2-7(5)9-8/h1-3H,4H2,(H,9,11). The lowest BCUT2D eigenvalue weighted by atomic mass is 10.1. The van der Waals surface area contributed by atoms with Gasteiger partial charge < -0.3 is 5.32 Å². The molecule has 0 aliphatic carbocycles. The first-order valence-electron chi connectivity index (χ1n) is 3.56. The Morgan fingerprint density at radius 1 is 1.42 bits per heavy atom. The van der Waals surface area contributed by atoms with E-state index in [1.165, 1.54) is 0 Å². The van der Waals surface area contributed by atoms with Crippen LogP contribution in [0.1, 0.15) is 5.56 Å². The number of nitrogens with one attached hydrogen (secondary N) is 1. The van der Waals surface area contributed by atoms with E-state index >= 15 is 0 Å². The average molecular weight is 162 g/mol. The summed E-state index contributed by atoms with van der Waals surface area (Å²) in [7, 11) is 0. The zero-order valence-corrected chi connectivity index (χ0v) is 6.20. The van der Waals surface area contributed by atoms with Crippen LogP contribution in [0.3, 0.4) is 0 Å². The molecule has 12 heavy (non-hydrogen) atoms. The lowest BCUT2D eigenvalue weighted by Gasteiger charge is -1.96. The fourth-order valence-corrected chi connectivity index (χ4v) is 1.27. The predicted octanol–water partition coefficient (Wildman–Crippen LogP) is 1.58. The highest BCUT2D eigenvalue weighted by atomic mass is 16.3. The van der Waals surface area contributed by atoms with E-state index in [9.17, 15) is 9.70 Å². The Labute approximate surface area is 68.6 Å². The van der Waals surface area contributed by atoms with Crippen molar-refractivity contribution in [1.82, 2.24) is 0 Å². The van der Waals surface area contributed by atoms with Crippen LogP contribution in [0.25, 0.3) is 0 Å². The number of rotatable bonds is 1. The van der Waals surface area contributed by atoms with Crippen molar-refractivity contribution in [3.63, 3.8) is 0 Å². The quantitative estimate of drug-likeness (QED) is 0.637. The topological polar surface area (TPSA) is 58.5 Å². The third-order valence-corrected chi connectivity index (χ3v) is 1.82. The Kier molecular flexibility index (Phi) is 1.40. The summed E-state index contributed by atoms with van der Waals surface area (Å²) in [5, 5.41) is 5.45. The summed E-state index contributed by atoms with van der Waals surface area (Å²) < 4.78 is 0. The minimum atomic E-state index is -0.0342. The Morgan fingerprint density at radius 3 is 3.00 bits per heavy atom. The molecule has 1 aromatic rings.